The standard InChI is InChI=1S/C22H21NO5/c1-20(2)15-12-8-9-13-16(15)23-21(19(26)28-4,17(24)18(25)27-3)22(20,23)14-10-6-5-7-11-14/h5-13H,1-4H3. The summed E-state index contributed by atoms with van der Waals surface area (Å²) >= 11 is 0. The molecule has 2 aromatic carbocycles. The van der Waals surface area contributed by atoms with Gasteiger partial charge in [-0.2, -0.15) is 0 Å². The lowest BCUT2D eigenvalue weighted by Crippen LogP contribution is -2.52. The quantitative estimate of drug-likeness (QED) is 0.351. The number of fused-ring (bicyclic) bond motifs is 3. The number of benzene rings is 2. The monoisotopic (exact) mass is 379 g/mol. The number of ether oxygens (including phenoxy) is 2. The van der Waals surface area contributed by atoms with E-state index in [9.17, 15) is 14.4 Å². The zero-order valence-electron chi connectivity index (χ0n) is 16.2. The van der Waals surface area contributed by atoms with Gasteiger partial charge in [0.25, 0.3) is 5.78 Å². The lowest BCUT2D eigenvalue weighted by Gasteiger charge is -2.34. The number of ketones is 1. The van der Waals surface area contributed by atoms with Gasteiger partial charge in [-0.05, 0) is 17.2 Å². The van der Waals surface area contributed by atoms with Gasteiger partial charge in [-0.3, -0.25) is 4.79 Å². The third kappa shape index (κ3) is 1.71. The zero-order chi connectivity index (χ0) is 20.3. The lowest BCUT2D eigenvalue weighted by atomic mass is 9.64. The molecule has 2 aliphatic rings. The van der Waals surface area contributed by atoms with Crippen LogP contribution in [0.4, 0.5) is 5.69 Å². The minimum Gasteiger partial charge on any atom is -0.467 e. The van der Waals surface area contributed by atoms with E-state index in [4.69, 9.17) is 9.47 Å². The molecule has 2 aliphatic heterocycles. The van der Waals surface area contributed by atoms with Gasteiger partial charge >= 0.3 is 11.9 Å². The van der Waals surface area contributed by atoms with E-state index in [1.54, 1.807) is 4.90 Å². The van der Waals surface area contributed by atoms with Crippen molar-refractivity contribution in [3.8, 4) is 0 Å². The molecule has 4 rings (SSSR count). The molecule has 6 nitrogen and oxygen atoms in total. The topological polar surface area (TPSA) is 72.7 Å². The van der Waals surface area contributed by atoms with Gasteiger partial charge in [-0.25, -0.2) is 9.59 Å². The van der Waals surface area contributed by atoms with Gasteiger partial charge in [-0.1, -0.05) is 62.4 Å². The Labute approximate surface area is 163 Å². The summed E-state index contributed by atoms with van der Waals surface area (Å²) in [6, 6.07) is 16.9. The number of esters is 2. The van der Waals surface area contributed by atoms with Gasteiger partial charge in [0, 0.05) is 11.1 Å². The minimum absolute atomic E-state index is 0.664. The normalized spacial score (nSPS) is 26.1. The first kappa shape index (κ1) is 18.2. The van der Waals surface area contributed by atoms with Crippen LogP contribution in [0.25, 0.3) is 0 Å². The molecule has 0 aromatic heterocycles. The molecule has 2 unspecified atom stereocenters. The highest BCUT2D eigenvalue weighted by Crippen LogP contribution is 2.75. The number of nitrogens with zero attached hydrogens (tertiary/aromatic N) is 1. The summed E-state index contributed by atoms with van der Waals surface area (Å²) in [4.78, 5) is 40.6. The Kier molecular flexibility index (Phi) is 3.69. The molecule has 6 heteroatoms. The summed E-state index contributed by atoms with van der Waals surface area (Å²) < 4.78 is 9.79. The fourth-order valence-electron chi connectivity index (χ4n) is 5.21. The molecule has 0 spiro atoms. The maximum atomic E-state index is 13.3. The summed E-state index contributed by atoms with van der Waals surface area (Å²) in [5.74, 6) is -2.76. The average molecular weight is 379 g/mol. The van der Waals surface area contributed by atoms with Crippen LogP contribution in [0.1, 0.15) is 25.0 Å². The minimum atomic E-state index is -1.81. The maximum Gasteiger partial charge on any atom is 0.377 e. The van der Waals surface area contributed by atoms with E-state index in [0.29, 0.717) is 0 Å². The zero-order valence-corrected chi connectivity index (χ0v) is 16.2. The van der Waals surface area contributed by atoms with E-state index >= 15 is 0 Å². The number of Topliss-reactive ketones (excluding diaryl/α,β-unsaturated/α-hetero) is 1. The van der Waals surface area contributed by atoms with Crippen molar-refractivity contribution in [2.45, 2.75) is 30.3 Å². The Hall–Kier alpha value is -3.15. The molecule has 0 aliphatic carbocycles. The number of hydrogen-bond donors (Lipinski definition) is 0. The van der Waals surface area contributed by atoms with E-state index in [1.165, 1.54) is 7.11 Å². The molecular weight excluding hydrogens is 358 g/mol. The molecule has 2 aromatic rings. The van der Waals surface area contributed by atoms with Crippen molar-refractivity contribution in [3.63, 3.8) is 0 Å². The van der Waals surface area contributed by atoms with Gasteiger partial charge in [0.15, 0.2) is 0 Å². The van der Waals surface area contributed by atoms with Crippen molar-refractivity contribution in [3.05, 3.63) is 65.7 Å². The molecule has 0 saturated carbocycles. The molecule has 0 N–H and O–H groups in total. The van der Waals surface area contributed by atoms with Crippen LogP contribution in [-0.2, 0) is 34.8 Å². The molecule has 28 heavy (non-hydrogen) atoms. The third-order valence-electron chi connectivity index (χ3n) is 6.24. The molecule has 1 saturated heterocycles. The summed E-state index contributed by atoms with van der Waals surface area (Å²) in [7, 11) is 2.36. The molecule has 0 radical (unpaired) electrons. The van der Waals surface area contributed by atoms with Crippen molar-refractivity contribution in [2.24, 2.45) is 0 Å². The number of para-hydroxylation sites is 1. The van der Waals surface area contributed by atoms with Crippen molar-refractivity contribution in [1.82, 2.24) is 0 Å². The first-order valence-corrected chi connectivity index (χ1v) is 9.00. The van der Waals surface area contributed by atoms with E-state index in [-0.39, 0.29) is 0 Å². The van der Waals surface area contributed by atoms with Gasteiger partial charge in [0.05, 0.1) is 14.2 Å². The molecule has 0 amide bonds. The molecule has 1 fully saturated rings. The second-order valence-corrected chi connectivity index (χ2v) is 7.58. The second-order valence-electron chi connectivity index (χ2n) is 7.58. The predicted octanol–water partition coefficient (Wildman–Crippen LogP) is 2.35. The number of rotatable bonds is 4. The number of carbonyl (C=O) groups is 3. The van der Waals surface area contributed by atoms with Crippen molar-refractivity contribution < 1.29 is 23.9 Å². The van der Waals surface area contributed by atoms with Crippen molar-refractivity contribution in [2.75, 3.05) is 19.1 Å². The fraction of sp³-hybridized carbons (Fsp3) is 0.318. The van der Waals surface area contributed by atoms with E-state index in [2.05, 4.69) is 0 Å². The highest BCUT2D eigenvalue weighted by molar-refractivity contribution is 6.46. The Balaban J connectivity index is 2.10. The Bertz CT molecular complexity index is 999. The maximum absolute atomic E-state index is 13.3. The molecule has 2 heterocycles. The van der Waals surface area contributed by atoms with Crippen LogP contribution < -0.4 is 4.90 Å². The average Bonchev–Trinajstić information content (AvgIpc) is 3.33. The summed E-state index contributed by atoms with van der Waals surface area (Å²) in [6.45, 7) is 3.96. The number of hydrogen-bond acceptors (Lipinski definition) is 6. The van der Waals surface area contributed by atoms with E-state index in [0.717, 1.165) is 23.9 Å². The summed E-state index contributed by atoms with van der Waals surface area (Å²) in [5, 5.41) is 0. The first-order chi connectivity index (χ1) is 13.3. The van der Waals surface area contributed by atoms with E-state index < -0.39 is 34.2 Å². The predicted molar refractivity (Wildman–Crippen MR) is 102 cm³/mol. The van der Waals surface area contributed by atoms with Crippen LogP contribution in [0.3, 0.4) is 0 Å². The van der Waals surface area contributed by atoms with Gasteiger partial charge in [0.2, 0.25) is 5.54 Å². The molecule has 0 bridgehead atoms. The lowest BCUT2D eigenvalue weighted by molar-refractivity contribution is -0.159. The summed E-state index contributed by atoms with van der Waals surface area (Å²) in [5.41, 5.74) is -1.07. The van der Waals surface area contributed by atoms with Crippen molar-refractivity contribution >= 4 is 23.4 Å². The highest BCUT2D eigenvalue weighted by atomic mass is 16.5. The van der Waals surface area contributed by atoms with E-state index in [1.807, 2.05) is 68.4 Å². The van der Waals surface area contributed by atoms with Crippen molar-refractivity contribution in [1.29, 1.82) is 0 Å². The Morgan fingerprint density at radius 2 is 1.46 bits per heavy atom. The van der Waals surface area contributed by atoms with Gasteiger partial charge < -0.3 is 14.4 Å². The second kappa shape index (κ2) is 5.67. The van der Waals surface area contributed by atoms with Crippen LogP contribution in [0.2, 0.25) is 0 Å². The van der Waals surface area contributed by atoms with Gasteiger partial charge in [-0.15, -0.1) is 0 Å². The van der Waals surface area contributed by atoms with Crippen LogP contribution in [0.15, 0.2) is 54.6 Å². The number of methoxy groups -OCH3 is 2. The smallest absolute Gasteiger partial charge is 0.377 e. The van der Waals surface area contributed by atoms with Crippen LogP contribution >= 0.6 is 0 Å². The highest BCUT2D eigenvalue weighted by Gasteiger charge is 2.92. The number of carbonyl (C=O) groups excluding carboxylic acids is 3. The van der Waals surface area contributed by atoms with Gasteiger partial charge in [0.1, 0.15) is 5.54 Å². The Morgan fingerprint density at radius 1 is 0.857 bits per heavy atom. The van der Waals surface area contributed by atoms with Crippen LogP contribution in [0.5, 0.6) is 0 Å². The summed E-state index contributed by atoms with van der Waals surface area (Å²) in [6.07, 6.45) is 0. The molecule has 144 valence electrons. The molecule has 2 atom stereocenters. The first-order valence-electron chi connectivity index (χ1n) is 9.00. The van der Waals surface area contributed by atoms with Crippen LogP contribution in [-0.4, -0.2) is 37.5 Å². The van der Waals surface area contributed by atoms with Crippen LogP contribution in [0, 0.1) is 0 Å². The fourth-order valence-corrected chi connectivity index (χ4v) is 5.21. The number of anilines is 1. The third-order valence-corrected chi connectivity index (χ3v) is 6.24. The SMILES string of the molecule is COC(=O)C(=O)C1(C(=O)OC)N2c3ccccc3C(C)(C)C21c1ccccc1. The largest absolute Gasteiger partial charge is 0.467 e. The molecular formula is C22H21NO5. The Morgan fingerprint density at radius 3 is 2.07 bits per heavy atom.